The molecule has 0 amide bonds. The van der Waals surface area contributed by atoms with Gasteiger partial charge in [0.2, 0.25) is 0 Å². The molecule has 0 atom stereocenters. The molecule has 4 rings (SSSR count). The number of anilines is 3. The van der Waals surface area contributed by atoms with Gasteiger partial charge in [-0.2, -0.15) is 35.4 Å². The van der Waals surface area contributed by atoms with E-state index >= 15 is 0 Å². The maximum absolute atomic E-state index is 13.3. The standard InChI is InChI=1S/C20H19FN5.C2H5F.Co/c21-17-7-10-26(11-8-17)20-13-18(6-9-22-20)24-19-12-16(14-23-25-19)15-4-2-1-3-5-15;1-2-3;/h2-6,9,12-14,17H,7-8,10-11H2,(H,22,24,25);2H2,1H3;/q-1;;. The normalized spacial score (nSPS) is 13.6. The smallest absolute Gasteiger partial charge is 0.153 e. The molecule has 1 aromatic carbocycles. The Labute approximate surface area is 186 Å². The third kappa shape index (κ3) is 6.74. The molecule has 3 heterocycles. The number of hydrogen-bond donors (Lipinski definition) is 1. The summed E-state index contributed by atoms with van der Waals surface area (Å²) < 4.78 is 23.6. The number of alkyl halides is 2. The van der Waals surface area contributed by atoms with Gasteiger partial charge in [0.15, 0.2) is 5.82 Å². The van der Waals surface area contributed by atoms with Crippen LogP contribution in [0.5, 0.6) is 0 Å². The van der Waals surface area contributed by atoms with E-state index in [0.717, 1.165) is 22.6 Å². The topological polar surface area (TPSA) is 53.9 Å². The van der Waals surface area contributed by atoms with Crippen LogP contribution in [0.25, 0.3) is 11.1 Å². The average molecular weight is 455 g/mol. The van der Waals surface area contributed by atoms with Crippen LogP contribution in [0.1, 0.15) is 19.8 Å². The second-order valence-electron chi connectivity index (χ2n) is 6.57. The van der Waals surface area contributed by atoms with Crippen molar-refractivity contribution in [1.29, 1.82) is 0 Å². The van der Waals surface area contributed by atoms with Crippen LogP contribution in [0.2, 0.25) is 0 Å². The van der Waals surface area contributed by atoms with Crippen LogP contribution >= 0.6 is 0 Å². The molecule has 1 radical (unpaired) electrons. The van der Waals surface area contributed by atoms with Gasteiger partial charge < -0.3 is 10.2 Å². The Morgan fingerprint density at radius 3 is 2.53 bits per heavy atom. The van der Waals surface area contributed by atoms with Crippen LogP contribution in [-0.4, -0.2) is 41.1 Å². The molecule has 1 fully saturated rings. The molecule has 161 valence electrons. The summed E-state index contributed by atoms with van der Waals surface area (Å²) >= 11 is 0. The van der Waals surface area contributed by atoms with Crippen molar-refractivity contribution in [3.63, 3.8) is 0 Å². The first-order chi connectivity index (χ1) is 14.2. The van der Waals surface area contributed by atoms with Crippen LogP contribution in [0.3, 0.4) is 0 Å². The monoisotopic (exact) mass is 455 g/mol. The number of piperidine rings is 1. The zero-order valence-corrected chi connectivity index (χ0v) is 17.7. The summed E-state index contributed by atoms with van der Waals surface area (Å²) in [7, 11) is 0. The van der Waals surface area contributed by atoms with Gasteiger partial charge in [-0.1, -0.05) is 0 Å². The Bertz CT molecular complexity index is 889. The van der Waals surface area contributed by atoms with Gasteiger partial charge in [-0.25, -0.2) is 9.37 Å². The molecule has 0 saturated carbocycles. The first kappa shape index (κ1) is 23.7. The summed E-state index contributed by atoms with van der Waals surface area (Å²) in [6, 6.07) is 16.5. The Kier molecular flexibility index (Phi) is 9.63. The molecule has 0 aliphatic carbocycles. The first-order valence-corrected chi connectivity index (χ1v) is 9.67. The molecular formula is C22H24CoF2N5-. The van der Waals surface area contributed by atoms with Gasteiger partial charge >= 0.3 is 0 Å². The third-order valence-electron chi connectivity index (χ3n) is 4.47. The molecule has 1 aliphatic heterocycles. The summed E-state index contributed by atoms with van der Waals surface area (Å²) in [5, 5.41) is 11.5. The van der Waals surface area contributed by atoms with Crippen molar-refractivity contribution in [2.24, 2.45) is 0 Å². The Hall–Kier alpha value is -2.58. The van der Waals surface area contributed by atoms with E-state index in [9.17, 15) is 8.78 Å². The number of rotatable bonds is 4. The van der Waals surface area contributed by atoms with Crippen molar-refractivity contribution in [1.82, 2.24) is 15.2 Å². The largest absolute Gasteiger partial charge is 0.356 e. The van der Waals surface area contributed by atoms with Crippen molar-refractivity contribution in [2.45, 2.75) is 25.9 Å². The maximum Gasteiger partial charge on any atom is 0.153 e. The van der Waals surface area contributed by atoms with E-state index in [2.05, 4.69) is 31.5 Å². The number of pyridine rings is 1. The van der Waals surface area contributed by atoms with Crippen molar-refractivity contribution >= 4 is 17.3 Å². The molecule has 0 spiro atoms. The SMILES string of the molecule is CCF.FC1CCN(c2cc(Nc3cc(-c4cc[c-]cc4)cnn3)ccn2)CC1.[Co]. The van der Waals surface area contributed by atoms with E-state index < -0.39 is 6.17 Å². The van der Waals surface area contributed by atoms with Crippen LogP contribution in [0.15, 0.2) is 54.9 Å². The van der Waals surface area contributed by atoms with Crippen molar-refractivity contribution < 1.29 is 25.6 Å². The van der Waals surface area contributed by atoms with E-state index in [0.29, 0.717) is 31.7 Å². The van der Waals surface area contributed by atoms with E-state index in [1.807, 2.05) is 42.5 Å². The van der Waals surface area contributed by atoms with Crippen LogP contribution in [0, 0.1) is 6.07 Å². The minimum atomic E-state index is -0.693. The fourth-order valence-corrected chi connectivity index (χ4v) is 3.06. The van der Waals surface area contributed by atoms with Crippen LogP contribution in [0.4, 0.5) is 26.1 Å². The predicted octanol–water partition coefficient (Wildman–Crippen LogP) is 4.99. The van der Waals surface area contributed by atoms with Crippen LogP contribution < -0.4 is 10.2 Å². The molecule has 1 saturated heterocycles. The van der Waals surface area contributed by atoms with Gasteiger partial charge in [-0.05, 0) is 37.5 Å². The number of nitrogens with zero attached hydrogens (tertiary/aromatic N) is 4. The van der Waals surface area contributed by atoms with Gasteiger partial charge in [-0.3, -0.25) is 4.39 Å². The molecule has 1 aliphatic rings. The zero-order chi connectivity index (χ0) is 20.5. The van der Waals surface area contributed by atoms with Crippen molar-refractivity contribution in [2.75, 3.05) is 30.0 Å². The van der Waals surface area contributed by atoms with E-state index in [1.54, 1.807) is 12.4 Å². The van der Waals surface area contributed by atoms with E-state index in [4.69, 9.17) is 0 Å². The van der Waals surface area contributed by atoms with Gasteiger partial charge in [0.05, 0.1) is 12.9 Å². The molecule has 1 N–H and O–H groups in total. The fraction of sp³-hybridized carbons (Fsp3) is 0.318. The minimum absolute atomic E-state index is 0. The zero-order valence-electron chi connectivity index (χ0n) is 16.7. The third-order valence-corrected chi connectivity index (χ3v) is 4.47. The second-order valence-corrected chi connectivity index (χ2v) is 6.57. The number of benzene rings is 1. The Balaban J connectivity index is 0.000000757. The van der Waals surface area contributed by atoms with Crippen LogP contribution in [-0.2, 0) is 16.8 Å². The van der Waals surface area contributed by atoms with E-state index in [1.165, 1.54) is 6.92 Å². The fourth-order valence-electron chi connectivity index (χ4n) is 3.06. The summed E-state index contributed by atoms with van der Waals surface area (Å²) in [6.07, 6.45) is 3.91. The second kappa shape index (κ2) is 12.2. The number of halogens is 2. The van der Waals surface area contributed by atoms with Gasteiger partial charge in [0.1, 0.15) is 12.0 Å². The Morgan fingerprint density at radius 1 is 1.13 bits per heavy atom. The summed E-state index contributed by atoms with van der Waals surface area (Å²) in [4.78, 5) is 6.53. The molecule has 2 aromatic heterocycles. The summed E-state index contributed by atoms with van der Waals surface area (Å²) in [5.74, 6) is 1.51. The van der Waals surface area contributed by atoms with E-state index in [-0.39, 0.29) is 23.5 Å². The van der Waals surface area contributed by atoms with Crippen molar-refractivity contribution in [3.8, 4) is 11.1 Å². The van der Waals surface area contributed by atoms with Gasteiger partial charge in [0, 0.05) is 47.8 Å². The molecule has 30 heavy (non-hydrogen) atoms. The molecule has 8 heteroatoms. The number of hydrogen-bond acceptors (Lipinski definition) is 5. The minimum Gasteiger partial charge on any atom is -0.356 e. The van der Waals surface area contributed by atoms with Crippen molar-refractivity contribution in [3.05, 3.63) is 60.9 Å². The average Bonchev–Trinajstić information content (AvgIpc) is 2.76. The quantitative estimate of drug-likeness (QED) is 0.562. The Morgan fingerprint density at radius 2 is 1.83 bits per heavy atom. The first-order valence-electron chi connectivity index (χ1n) is 9.67. The molecular weight excluding hydrogens is 431 g/mol. The molecule has 5 nitrogen and oxygen atoms in total. The maximum atomic E-state index is 13.3. The molecule has 0 bridgehead atoms. The summed E-state index contributed by atoms with van der Waals surface area (Å²) in [6.45, 7) is 2.59. The number of aromatic nitrogens is 3. The number of nitrogens with one attached hydrogen (secondary N) is 1. The van der Waals surface area contributed by atoms with Gasteiger partial charge in [-0.15, -0.1) is 10.7 Å². The predicted molar refractivity (Wildman–Crippen MR) is 112 cm³/mol. The summed E-state index contributed by atoms with van der Waals surface area (Å²) in [5.41, 5.74) is 2.92. The molecule has 0 unspecified atom stereocenters. The molecule has 3 aromatic rings. The van der Waals surface area contributed by atoms with Gasteiger partial charge in [0.25, 0.3) is 0 Å².